The van der Waals surface area contributed by atoms with Gasteiger partial charge in [0.05, 0.1) is 0 Å². The Bertz CT molecular complexity index is 235. The van der Waals surface area contributed by atoms with Crippen LogP contribution in [-0.4, -0.2) is 6.98 Å². The van der Waals surface area contributed by atoms with E-state index in [1.54, 1.807) is 0 Å². The Hall–Kier alpha value is 1.67. The normalized spacial score (nSPS) is 10.9. The first-order valence-electron chi connectivity index (χ1n) is 2.44. The Morgan fingerprint density at radius 3 is 2.09 bits per heavy atom. The Kier molecular flexibility index (Phi) is 5.51. The molecule has 0 aliphatic heterocycles. The van der Waals surface area contributed by atoms with E-state index in [0.717, 1.165) is 6.07 Å². The molecule has 0 N–H and O–H groups in total. The van der Waals surface area contributed by atoms with Gasteiger partial charge in [0.2, 0.25) is 0 Å². The molecule has 0 atom stereocenters. The van der Waals surface area contributed by atoms with Gasteiger partial charge in [0.25, 0.3) is 0 Å². The predicted molar refractivity (Wildman–Crippen MR) is 40.7 cm³/mol. The minimum absolute atomic E-state index is 0. The van der Waals surface area contributed by atoms with E-state index in [-0.39, 0.29) is 51.4 Å². The van der Waals surface area contributed by atoms with Crippen LogP contribution < -0.4 is 56.2 Å². The van der Waals surface area contributed by atoms with Crippen LogP contribution in [-0.2, 0) is 0 Å². The summed E-state index contributed by atoms with van der Waals surface area (Å²) < 4.78 is 35.5. The summed E-state index contributed by atoms with van der Waals surface area (Å²) in [5, 5.41) is 1.42. The van der Waals surface area contributed by atoms with Gasteiger partial charge in [-0.2, -0.15) is 11.3 Å². The fourth-order valence-electron chi connectivity index (χ4n) is 0.500. The molecule has 0 fully saturated rings. The van der Waals surface area contributed by atoms with Crippen LogP contribution >= 0.6 is 27.3 Å². The topological polar surface area (TPSA) is 0 Å². The van der Waals surface area contributed by atoms with Crippen molar-refractivity contribution in [2.24, 2.45) is 0 Å². The van der Waals surface area contributed by atoms with Crippen LogP contribution in [0.3, 0.4) is 0 Å². The van der Waals surface area contributed by atoms with Crippen LogP contribution in [0.25, 0.3) is 0 Å². The zero-order valence-corrected chi connectivity index (χ0v) is 11.2. The van der Waals surface area contributed by atoms with Gasteiger partial charge in [-0.1, -0.05) is 26.8 Å². The van der Waals surface area contributed by atoms with E-state index in [0.29, 0.717) is 15.8 Å². The van der Waals surface area contributed by atoms with Crippen molar-refractivity contribution in [3.05, 3.63) is 15.9 Å². The van der Waals surface area contributed by atoms with Crippen molar-refractivity contribution in [2.75, 3.05) is 0 Å². The molecule has 0 unspecified atom stereocenters. The number of rotatable bonds is 1. The van der Waals surface area contributed by atoms with Crippen LogP contribution in [0.15, 0.2) is 15.9 Å². The van der Waals surface area contributed by atoms with Crippen LogP contribution in [0, 0.1) is 0 Å². The Morgan fingerprint density at radius 1 is 1.36 bits per heavy atom. The third-order valence-electron chi connectivity index (χ3n) is 0.910. The zero-order valence-electron chi connectivity index (χ0n) is 5.65. The smallest absolute Gasteiger partial charge is 0.444 e. The van der Waals surface area contributed by atoms with Gasteiger partial charge in [-0.05, 0) is 0 Å². The van der Waals surface area contributed by atoms with Crippen molar-refractivity contribution in [1.29, 1.82) is 0 Å². The fourth-order valence-corrected chi connectivity index (χ4v) is 1.84. The summed E-state index contributed by atoms with van der Waals surface area (Å²) in [6, 6.07) is 1.09. The molecule has 0 amide bonds. The first-order valence-corrected chi connectivity index (χ1v) is 4.11. The third-order valence-corrected chi connectivity index (χ3v) is 2.70. The van der Waals surface area contributed by atoms with Crippen molar-refractivity contribution in [2.45, 2.75) is 0 Å². The van der Waals surface area contributed by atoms with Crippen molar-refractivity contribution in [3.8, 4) is 0 Å². The molecule has 1 rings (SSSR count). The van der Waals surface area contributed by atoms with Crippen molar-refractivity contribution in [3.63, 3.8) is 0 Å². The summed E-state index contributed by atoms with van der Waals surface area (Å²) in [5.41, 5.74) is 0. The molecule has 0 nitrogen and oxygen atoms in total. The van der Waals surface area contributed by atoms with E-state index in [2.05, 4.69) is 15.9 Å². The summed E-state index contributed by atoms with van der Waals surface area (Å²) in [7, 11) is 0. The maximum absolute atomic E-state index is 11.9. The monoisotopic (exact) mass is 268 g/mol. The predicted octanol–water partition coefficient (Wildman–Crippen LogP) is -0.431. The van der Waals surface area contributed by atoms with E-state index in [9.17, 15) is 12.9 Å². The van der Waals surface area contributed by atoms with Crippen molar-refractivity contribution < 1.29 is 64.3 Å². The molecule has 0 aliphatic rings. The van der Waals surface area contributed by atoms with Crippen LogP contribution in [0.2, 0.25) is 0 Å². The van der Waals surface area contributed by atoms with Gasteiger partial charge in [0.1, 0.15) is 0 Å². The van der Waals surface area contributed by atoms with E-state index in [1.165, 1.54) is 5.38 Å². The van der Waals surface area contributed by atoms with E-state index in [1.807, 2.05) is 0 Å². The SMILES string of the molecule is F[B-](F)(F)c1cc(Br)cs1.[K+]. The molecule has 1 heterocycles. The van der Waals surface area contributed by atoms with Crippen LogP contribution in [0.1, 0.15) is 0 Å². The molecular formula is C4H2BBrF3KS. The summed E-state index contributed by atoms with van der Waals surface area (Å²) >= 11 is 3.66. The number of thiophene rings is 1. The molecule has 0 aliphatic carbocycles. The quantitative estimate of drug-likeness (QED) is 0.607. The minimum Gasteiger partial charge on any atom is -0.444 e. The summed E-state index contributed by atoms with van der Waals surface area (Å²) in [6.07, 6.45) is 0. The molecule has 1 aromatic rings. The maximum atomic E-state index is 11.9. The van der Waals surface area contributed by atoms with Crippen LogP contribution in [0.5, 0.6) is 0 Å². The fraction of sp³-hybridized carbons (Fsp3) is 0. The van der Waals surface area contributed by atoms with Gasteiger partial charge < -0.3 is 12.9 Å². The second kappa shape index (κ2) is 4.78. The molecule has 0 bridgehead atoms. The van der Waals surface area contributed by atoms with Crippen LogP contribution in [0.4, 0.5) is 12.9 Å². The summed E-state index contributed by atoms with van der Waals surface area (Å²) in [4.78, 5) is 0. The molecule has 0 saturated carbocycles. The average molecular weight is 269 g/mol. The first-order chi connectivity index (χ1) is 4.50. The molecule has 1 aromatic heterocycles. The average Bonchev–Trinajstić information content (AvgIpc) is 2.11. The van der Waals surface area contributed by atoms with Gasteiger partial charge in [-0.3, -0.25) is 0 Å². The molecule has 0 spiro atoms. The van der Waals surface area contributed by atoms with Crippen molar-refractivity contribution in [1.82, 2.24) is 0 Å². The molecule has 0 aromatic carbocycles. The van der Waals surface area contributed by atoms with E-state index < -0.39 is 11.8 Å². The van der Waals surface area contributed by atoms with Gasteiger partial charge >= 0.3 is 58.4 Å². The Labute approximate surface area is 117 Å². The molecule has 11 heavy (non-hydrogen) atoms. The largest absolute Gasteiger partial charge is 1.00 e. The first kappa shape index (κ1) is 12.7. The van der Waals surface area contributed by atoms with Gasteiger partial charge in [-0.15, -0.1) is 0 Å². The van der Waals surface area contributed by atoms with Gasteiger partial charge in [-0.25, -0.2) is 0 Å². The Morgan fingerprint density at radius 2 is 1.91 bits per heavy atom. The van der Waals surface area contributed by atoms with Gasteiger partial charge in [0.15, 0.2) is 0 Å². The van der Waals surface area contributed by atoms with Crippen molar-refractivity contribution >= 4 is 39.0 Å². The second-order valence-electron chi connectivity index (χ2n) is 1.74. The number of halogens is 4. The number of hydrogen-bond donors (Lipinski definition) is 0. The summed E-state index contributed by atoms with van der Waals surface area (Å²) in [5.74, 6) is 0. The van der Waals surface area contributed by atoms with E-state index >= 15 is 0 Å². The molecule has 7 heteroatoms. The minimum atomic E-state index is -4.79. The molecular weight excluding hydrogens is 267 g/mol. The standard InChI is InChI=1S/C4H2BBrF3S.K/c6-3-1-4(10-2-3)5(7,8)9;/h1-2H;/q-1;+1. The third kappa shape index (κ3) is 3.93. The number of hydrogen-bond acceptors (Lipinski definition) is 1. The van der Waals surface area contributed by atoms with Gasteiger partial charge in [0, 0.05) is 9.85 Å². The summed E-state index contributed by atoms with van der Waals surface area (Å²) in [6.45, 7) is -4.79. The second-order valence-corrected chi connectivity index (χ2v) is 3.60. The Balaban J connectivity index is 0.000001000. The molecule has 0 radical (unpaired) electrons. The zero-order chi connectivity index (χ0) is 7.78. The van der Waals surface area contributed by atoms with E-state index in [4.69, 9.17) is 0 Å². The molecule has 56 valence electrons. The molecule has 0 saturated heterocycles. The maximum Gasteiger partial charge on any atom is 1.00 e.